The minimum absolute atomic E-state index is 0.0219. The van der Waals surface area contributed by atoms with E-state index in [1.54, 1.807) is 20.8 Å². The Balaban J connectivity index is 3.91. The maximum absolute atomic E-state index is 11.9. The van der Waals surface area contributed by atoms with Gasteiger partial charge in [-0.25, -0.2) is 4.79 Å². The first-order chi connectivity index (χ1) is 6.39. The Hall–Kier alpha value is -0.840. The molecule has 1 amide bonds. The summed E-state index contributed by atoms with van der Waals surface area (Å²) in [6.45, 7) is 4.43. The number of halogens is 1. The van der Waals surface area contributed by atoms with Gasteiger partial charge in [-0.3, -0.25) is 4.39 Å². The summed E-state index contributed by atoms with van der Waals surface area (Å²) in [4.78, 5) is 11.1. The Morgan fingerprint density at radius 3 is 2.50 bits per heavy atom. The molecule has 1 atom stereocenters. The van der Waals surface area contributed by atoms with Crippen LogP contribution in [-0.2, 0) is 4.74 Å². The van der Waals surface area contributed by atoms with Crippen LogP contribution in [0.1, 0.15) is 27.2 Å². The van der Waals surface area contributed by atoms with Crippen LogP contribution in [0.15, 0.2) is 0 Å². The number of aliphatic hydroxyl groups excluding tert-OH is 1. The number of rotatable bonds is 4. The Morgan fingerprint density at radius 1 is 1.57 bits per heavy atom. The van der Waals surface area contributed by atoms with Gasteiger partial charge in [-0.05, 0) is 20.8 Å². The van der Waals surface area contributed by atoms with E-state index < -0.39 is 24.4 Å². The lowest BCUT2D eigenvalue weighted by atomic mass is 10.1. The number of ether oxygens (including phenoxy) is 1. The number of amides is 1. The Bertz CT molecular complexity index is 179. The lowest BCUT2D eigenvalue weighted by molar-refractivity contribution is 0.0453. The highest BCUT2D eigenvalue weighted by atomic mass is 19.1. The minimum atomic E-state index is -0.762. The first-order valence-electron chi connectivity index (χ1n) is 4.54. The summed E-state index contributed by atoms with van der Waals surface area (Å²) in [5, 5.41) is 11.3. The van der Waals surface area contributed by atoms with Gasteiger partial charge in [-0.2, -0.15) is 0 Å². The molecule has 1 unspecified atom stereocenters. The van der Waals surface area contributed by atoms with E-state index in [-0.39, 0.29) is 13.0 Å². The van der Waals surface area contributed by atoms with Crippen molar-refractivity contribution in [3.63, 3.8) is 0 Å². The zero-order chi connectivity index (χ0) is 11.2. The Morgan fingerprint density at radius 2 is 2.14 bits per heavy atom. The number of nitrogens with one attached hydrogen (secondary N) is 1. The number of hydrogen-bond donors (Lipinski definition) is 2. The van der Waals surface area contributed by atoms with Crippen molar-refractivity contribution in [2.45, 2.75) is 38.8 Å². The van der Waals surface area contributed by atoms with Gasteiger partial charge in [0.05, 0.1) is 13.3 Å². The normalized spacial score (nSPS) is 13.5. The molecule has 0 bridgehead atoms. The van der Waals surface area contributed by atoms with E-state index >= 15 is 0 Å². The topological polar surface area (TPSA) is 58.6 Å². The summed E-state index contributed by atoms with van der Waals surface area (Å²) in [7, 11) is 0. The van der Waals surface area contributed by atoms with Crippen LogP contribution in [-0.4, -0.2) is 36.1 Å². The second-order valence-electron chi connectivity index (χ2n) is 4.06. The number of carbonyl (C=O) groups excluding carboxylic acids is 1. The van der Waals surface area contributed by atoms with Crippen molar-refractivity contribution in [3.05, 3.63) is 0 Å². The predicted molar refractivity (Wildman–Crippen MR) is 50.8 cm³/mol. The molecule has 0 aromatic carbocycles. The quantitative estimate of drug-likeness (QED) is 0.729. The van der Waals surface area contributed by atoms with E-state index in [0.29, 0.717) is 0 Å². The smallest absolute Gasteiger partial charge is 0.407 e. The van der Waals surface area contributed by atoms with Gasteiger partial charge in [0.2, 0.25) is 0 Å². The summed E-state index contributed by atoms with van der Waals surface area (Å²) in [5.41, 5.74) is -0.396. The van der Waals surface area contributed by atoms with Gasteiger partial charge in [0, 0.05) is 12.0 Å². The molecule has 4 nitrogen and oxygen atoms in total. The lowest BCUT2D eigenvalue weighted by Gasteiger charge is -2.22. The molecule has 0 saturated carbocycles. The minimum Gasteiger partial charge on any atom is -0.444 e. The highest BCUT2D eigenvalue weighted by Crippen LogP contribution is 2.03. The summed E-state index contributed by atoms with van der Waals surface area (Å²) < 4.78 is 16.7. The molecule has 0 aromatic rings. The summed E-state index contributed by atoms with van der Waals surface area (Å²) in [6, 6.07) is 0. The Kier molecular flexibility index (Phi) is 5.45. The van der Waals surface area contributed by atoms with Crippen molar-refractivity contribution in [1.82, 2.24) is 5.32 Å². The molecule has 0 radical (unpaired) electrons. The SMILES string of the molecule is CC(C)(C)NC(=O)OC(CO)CCF. The standard InChI is InChI=1S/C9H18FNO3/c1-9(2,3)11-8(13)14-7(6-12)4-5-10/h7,12H,4-6H2,1-3H3,(H,11,13). The van der Waals surface area contributed by atoms with Crippen molar-refractivity contribution >= 4 is 6.09 Å². The molecule has 0 fully saturated rings. The molecule has 0 aliphatic carbocycles. The fourth-order valence-corrected chi connectivity index (χ4v) is 0.796. The van der Waals surface area contributed by atoms with Crippen molar-refractivity contribution in [2.24, 2.45) is 0 Å². The predicted octanol–water partition coefficient (Wildman–Crippen LogP) is 1.23. The zero-order valence-electron chi connectivity index (χ0n) is 8.84. The first kappa shape index (κ1) is 13.2. The van der Waals surface area contributed by atoms with E-state index in [2.05, 4.69) is 5.32 Å². The third-order valence-electron chi connectivity index (χ3n) is 1.39. The first-order valence-corrected chi connectivity index (χ1v) is 4.54. The third kappa shape index (κ3) is 6.65. The largest absolute Gasteiger partial charge is 0.444 e. The molecule has 2 N–H and O–H groups in total. The molecule has 0 heterocycles. The van der Waals surface area contributed by atoms with Crippen LogP contribution < -0.4 is 5.32 Å². The van der Waals surface area contributed by atoms with Crippen LogP contribution in [0, 0.1) is 0 Å². The van der Waals surface area contributed by atoms with Crippen LogP contribution in [0.4, 0.5) is 9.18 Å². The average molecular weight is 207 g/mol. The van der Waals surface area contributed by atoms with E-state index in [4.69, 9.17) is 9.84 Å². The van der Waals surface area contributed by atoms with Crippen molar-refractivity contribution in [3.8, 4) is 0 Å². The molecule has 0 saturated heterocycles. The van der Waals surface area contributed by atoms with E-state index in [0.717, 1.165) is 0 Å². The maximum Gasteiger partial charge on any atom is 0.407 e. The number of alkyl carbamates (subject to hydrolysis) is 1. The fraction of sp³-hybridized carbons (Fsp3) is 0.889. The van der Waals surface area contributed by atoms with Crippen LogP contribution in [0.5, 0.6) is 0 Å². The van der Waals surface area contributed by atoms with Gasteiger partial charge in [0.15, 0.2) is 0 Å². The molecular weight excluding hydrogens is 189 g/mol. The molecule has 0 aliphatic rings. The summed E-state index contributed by atoms with van der Waals surface area (Å²) in [6.07, 6.45) is -1.37. The highest BCUT2D eigenvalue weighted by molar-refractivity contribution is 5.68. The molecule has 0 rings (SSSR count). The molecule has 0 aromatic heterocycles. The second-order valence-corrected chi connectivity index (χ2v) is 4.06. The monoisotopic (exact) mass is 207 g/mol. The van der Waals surface area contributed by atoms with Gasteiger partial charge >= 0.3 is 6.09 Å². The van der Waals surface area contributed by atoms with E-state index in [1.165, 1.54) is 0 Å². The number of hydrogen-bond acceptors (Lipinski definition) is 3. The van der Waals surface area contributed by atoms with Gasteiger partial charge < -0.3 is 15.2 Å². The van der Waals surface area contributed by atoms with Crippen LogP contribution in [0.25, 0.3) is 0 Å². The van der Waals surface area contributed by atoms with Crippen molar-refractivity contribution in [2.75, 3.05) is 13.3 Å². The van der Waals surface area contributed by atoms with Crippen LogP contribution >= 0.6 is 0 Å². The highest BCUT2D eigenvalue weighted by Gasteiger charge is 2.18. The van der Waals surface area contributed by atoms with Gasteiger partial charge in [-0.15, -0.1) is 0 Å². The average Bonchev–Trinajstić information content (AvgIpc) is 2.00. The summed E-state index contributed by atoms with van der Waals surface area (Å²) >= 11 is 0. The second kappa shape index (κ2) is 5.80. The van der Waals surface area contributed by atoms with Gasteiger partial charge in [0.25, 0.3) is 0 Å². The Labute approximate surface area is 83.4 Å². The molecule has 14 heavy (non-hydrogen) atoms. The zero-order valence-corrected chi connectivity index (χ0v) is 8.84. The number of aliphatic hydroxyl groups is 1. The van der Waals surface area contributed by atoms with Gasteiger partial charge in [0.1, 0.15) is 6.10 Å². The van der Waals surface area contributed by atoms with Gasteiger partial charge in [-0.1, -0.05) is 0 Å². The molecule has 5 heteroatoms. The number of alkyl halides is 1. The fourth-order valence-electron chi connectivity index (χ4n) is 0.796. The van der Waals surface area contributed by atoms with Crippen LogP contribution in [0.3, 0.4) is 0 Å². The third-order valence-corrected chi connectivity index (χ3v) is 1.39. The van der Waals surface area contributed by atoms with Crippen molar-refractivity contribution < 1.29 is 19.0 Å². The maximum atomic E-state index is 11.9. The summed E-state index contributed by atoms with van der Waals surface area (Å²) in [5.74, 6) is 0. The molecule has 84 valence electrons. The molecule has 0 aliphatic heterocycles. The molecule has 0 spiro atoms. The van der Waals surface area contributed by atoms with Crippen LogP contribution in [0.2, 0.25) is 0 Å². The lowest BCUT2D eigenvalue weighted by Crippen LogP contribution is -2.42. The molecular formula is C9H18FNO3. The van der Waals surface area contributed by atoms with Crippen molar-refractivity contribution in [1.29, 1.82) is 0 Å². The number of carbonyl (C=O) groups is 1. The van der Waals surface area contributed by atoms with E-state index in [9.17, 15) is 9.18 Å². The van der Waals surface area contributed by atoms with E-state index in [1.807, 2.05) is 0 Å².